The van der Waals surface area contributed by atoms with Gasteiger partial charge in [0, 0.05) is 18.5 Å². The largest absolute Gasteiger partial charge is 0.480 e. The molecule has 0 spiro atoms. The summed E-state index contributed by atoms with van der Waals surface area (Å²) in [6.07, 6.45) is 0.703. The van der Waals surface area contributed by atoms with Crippen molar-refractivity contribution < 1.29 is 19.5 Å². The first-order chi connectivity index (χ1) is 9.95. The van der Waals surface area contributed by atoms with Gasteiger partial charge in [-0.25, -0.2) is 4.79 Å². The zero-order valence-electron chi connectivity index (χ0n) is 11.8. The minimum absolute atomic E-state index is 0.465. The van der Waals surface area contributed by atoms with Gasteiger partial charge in [-0.3, -0.25) is 19.8 Å². The van der Waals surface area contributed by atoms with Crippen LogP contribution in [0.2, 0.25) is 0 Å². The molecule has 7 nitrogen and oxygen atoms in total. The maximum Gasteiger partial charge on any atom is 0.325 e. The molecule has 3 amide bonds. The molecule has 1 aromatic heterocycles. The number of carbonyl (C=O) groups is 3. The fourth-order valence-electron chi connectivity index (χ4n) is 2.46. The van der Waals surface area contributed by atoms with E-state index in [1.54, 1.807) is 17.9 Å². The monoisotopic (exact) mass is 311 g/mol. The van der Waals surface area contributed by atoms with E-state index in [4.69, 9.17) is 0 Å². The van der Waals surface area contributed by atoms with Crippen molar-refractivity contribution >= 4 is 29.2 Å². The molecule has 0 saturated carbocycles. The van der Waals surface area contributed by atoms with Crippen LogP contribution < -0.4 is 10.6 Å². The molecule has 0 aliphatic carbocycles. The molecule has 114 valence electrons. The van der Waals surface area contributed by atoms with Crippen molar-refractivity contribution in [2.24, 2.45) is 0 Å². The van der Waals surface area contributed by atoms with E-state index in [1.165, 1.54) is 18.4 Å². The second-order valence-corrected chi connectivity index (χ2v) is 5.77. The van der Waals surface area contributed by atoms with E-state index in [2.05, 4.69) is 10.6 Å². The highest BCUT2D eigenvalue weighted by Gasteiger charge is 2.38. The summed E-state index contributed by atoms with van der Waals surface area (Å²) in [4.78, 5) is 37.5. The lowest BCUT2D eigenvalue weighted by Gasteiger charge is -2.36. The second kappa shape index (κ2) is 6.23. The van der Waals surface area contributed by atoms with Gasteiger partial charge in [-0.2, -0.15) is 0 Å². The average molecular weight is 311 g/mol. The lowest BCUT2D eigenvalue weighted by Crippen LogP contribution is -2.53. The fourth-order valence-corrected chi connectivity index (χ4v) is 3.36. The number of hydrogen-bond acceptors (Lipinski definition) is 5. The van der Waals surface area contributed by atoms with Crippen molar-refractivity contribution in [1.29, 1.82) is 0 Å². The number of carboxylic acids is 1. The number of thiophene rings is 1. The van der Waals surface area contributed by atoms with Crippen molar-refractivity contribution in [2.75, 3.05) is 13.6 Å². The number of urea groups is 1. The van der Waals surface area contributed by atoms with E-state index in [-0.39, 0.29) is 0 Å². The highest BCUT2D eigenvalue weighted by Crippen LogP contribution is 2.34. The molecular formula is C13H17N3O4S. The molecule has 3 N–H and O–H groups in total. The molecular weight excluding hydrogens is 294 g/mol. The topological polar surface area (TPSA) is 98.7 Å². The van der Waals surface area contributed by atoms with E-state index < -0.39 is 30.0 Å². The molecule has 1 aliphatic heterocycles. The van der Waals surface area contributed by atoms with Crippen LogP contribution in [-0.4, -0.2) is 47.5 Å². The zero-order chi connectivity index (χ0) is 15.6. The van der Waals surface area contributed by atoms with Crippen LogP contribution in [0.4, 0.5) is 4.79 Å². The summed E-state index contributed by atoms with van der Waals surface area (Å²) in [5.41, 5.74) is 0.735. The van der Waals surface area contributed by atoms with Crippen LogP contribution in [0.3, 0.4) is 0 Å². The van der Waals surface area contributed by atoms with E-state index in [9.17, 15) is 19.5 Å². The Morgan fingerprint density at radius 1 is 1.48 bits per heavy atom. The number of amides is 3. The van der Waals surface area contributed by atoms with Crippen LogP contribution >= 0.6 is 11.3 Å². The standard InChI is InChI=1S/C13H17N3O4S/c1-7(11(17)15-13(20)14-2)16-5-3-9-8(4-6-21-9)10(16)12(18)19/h4,6-7,10H,3,5H2,1-2H3,(H,18,19)(H2,14,15,17,20). The van der Waals surface area contributed by atoms with Gasteiger partial charge in [0.1, 0.15) is 6.04 Å². The summed E-state index contributed by atoms with van der Waals surface area (Å²) in [5.74, 6) is -1.51. The number of rotatable bonds is 3. The number of aliphatic carboxylic acids is 1. The predicted molar refractivity (Wildman–Crippen MR) is 77.2 cm³/mol. The third kappa shape index (κ3) is 3.06. The Hall–Kier alpha value is -1.93. The molecule has 2 atom stereocenters. The summed E-state index contributed by atoms with van der Waals surface area (Å²) >= 11 is 1.53. The Morgan fingerprint density at radius 2 is 2.19 bits per heavy atom. The van der Waals surface area contributed by atoms with Crippen LogP contribution in [-0.2, 0) is 16.0 Å². The quantitative estimate of drug-likeness (QED) is 0.758. The number of fused-ring (bicyclic) bond motifs is 1. The van der Waals surface area contributed by atoms with Crippen LogP contribution in [0, 0.1) is 0 Å². The summed E-state index contributed by atoms with van der Waals surface area (Å²) in [6.45, 7) is 2.07. The molecule has 2 unspecified atom stereocenters. The Kier molecular flexibility index (Phi) is 4.59. The molecule has 2 heterocycles. The molecule has 1 aromatic rings. The third-order valence-electron chi connectivity index (χ3n) is 3.58. The first-order valence-corrected chi connectivity index (χ1v) is 7.41. The van der Waals surface area contributed by atoms with Gasteiger partial charge in [-0.1, -0.05) is 0 Å². The Bertz CT molecular complexity index is 572. The van der Waals surface area contributed by atoms with Gasteiger partial charge >= 0.3 is 12.0 Å². The lowest BCUT2D eigenvalue weighted by molar-refractivity contribution is -0.146. The van der Waals surface area contributed by atoms with E-state index in [0.717, 1.165) is 10.4 Å². The summed E-state index contributed by atoms with van der Waals surface area (Å²) < 4.78 is 0. The van der Waals surface area contributed by atoms with Crippen molar-refractivity contribution in [3.63, 3.8) is 0 Å². The van der Waals surface area contributed by atoms with Crippen molar-refractivity contribution in [3.05, 3.63) is 21.9 Å². The van der Waals surface area contributed by atoms with Crippen LogP contribution in [0.5, 0.6) is 0 Å². The van der Waals surface area contributed by atoms with Gasteiger partial charge in [0.15, 0.2) is 0 Å². The number of carbonyl (C=O) groups excluding carboxylic acids is 2. The fraction of sp³-hybridized carbons (Fsp3) is 0.462. The Balaban J connectivity index is 2.20. The van der Waals surface area contributed by atoms with E-state index in [1.807, 2.05) is 5.38 Å². The Labute approximate surface area is 125 Å². The zero-order valence-corrected chi connectivity index (χ0v) is 12.6. The number of nitrogens with one attached hydrogen (secondary N) is 2. The first-order valence-electron chi connectivity index (χ1n) is 6.53. The molecule has 1 aliphatic rings. The van der Waals surface area contributed by atoms with Gasteiger partial charge in [0.05, 0.1) is 6.04 Å². The Morgan fingerprint density at radius 3 is 2.81 bits per heavy atom. The second-order valence-electron chi connectivity index (χ2n) is 4.77. The normalized spacial score (nSPS) is 19.4. The summed E-state index contributed by atoms with van der Waals surface area (Å²) in [7, 11) is 1.41. The van der Waals surface area contributed by atoms with Gasteiger partial charge in [-0.05, 0) is 30.4 Å². The third-order valence-corrected chi connectivity index (χ3v) is 4.57. The van der Waals surface area contributed by atoms with Crippen LogP contribution in [0.15, 0.2) is 11.4 Å². The number of imide groups is 1. The SMILES string of the molecule is CNC(=O)NC(=O)C(C)N1CCc2sccc2C1C(=O)O. The number of hydrogen-bond donors (Lipinski definition) is 3. The van der Waals surface area contributed by atoms with Gasteiger partial charge in [0.2, 0.25) is 5.91 Å². The van der Waals surface area contributed by atoms with E-state index in [0.29, 0.717) is 13.0 Å². The minimum Gasteiger partial charge on any atom is -0.480 e. The van der Waals surface area contributed by atoms with Crippen LogP contribution in [0.1, 0.15) is 23.4 Å². The highest BCUT2D eigenvalue weighted by atomic mass is 32.1. The molecule has 0 fully saturated rings. The summed E-state index contributed by atoms with van der Waals surface area (Å²) in [5, 5.41) is 15.8. The van der Waals surface area contributed by atoms with E-state index >= 15 is 0 Å². The molecule has 0 aromatic carbocycles. The smallest absolute Gasteiger partial charge is 0.325 e. The number of nitrogens with zero attached hydrogens (tertiary/aromatic N) is 1. The van der Waals surface area contributed by atoms with Crippen molar-refractivity contribution in [1.82, 2.24) is 15.5 Å². The molecule has 0 saturated heterocycles. The number of carboxylic acid groups (broad SMARTS) is 1. The first kappa shape index (κ1) is 15.5. The molecule has 2 rings (SSSR count). The van der Waals surface area contributed by atoms with Crippen molar-refractivity contribution in [3.8, 4) is 0 Å². The van der Waals surface area contributed by atoms with Crippen LogP contribution in [0.25, 0.3) is 0 Å². The van der Waals surface area contributed by atoms with Gasteiger partial charge < -0.3 is 10.4 Å². The lowest BCUT2D eigenvalue weighted by atomic mass is 9.98. The predicted octanol–water partition coefficient (Wildman–Crippen LogP) is 0.576. The molecule has 0 bridgehead atoms. The van der Waals surface area contributed by atoms with Gasteiger partial charge in [-0.15, -0.1) is 11.3 Å². The van der Waals surface area contributed by atoms with Crippen molar-refractivity contribution in [2.45, 2.75) is 25.4 Å². The maximum atomic E-state index is 12.0. The average Bonchev–Trinajstić information content (AvgIpc) is 2.92. The molecule has 21 heavy (non-hydrogen) atoms. The highest BCUT2D eigenvalue weighted by molar-refractivity contribution is 7.10. The minimum atomic E-state index is -0.992. The van der Waals surface area contributed by atoms with Gasteiger partial charge in [0.25, 0.3) is 0 Å². The molecule has 8 heteroatoms. The maximum absolute atomic E-state index is 12.0. The summed E-state index contributed by atoms with van der Waals surface area (Å²) in [6, 6.07) is -0.386. The molecule has 0 radical (unpaired) electrons.